The Labute approximate surface area is 82.4 Å². The van der Waals surface area contributed by atoms with Gasteiger partial charge in [-0.3, -0.25) is 9.97 Å². The number of rotatable bonds is 2. The number of ether oxygens (including phenoxy) is 1. The normalized spacial score (nSPS) is 9.79. The number of nitrogens with zero attached hydrogens (tertiary/aromatic N) is 2. The molecule has 0 aliphatic carbocycles. The molecule has 0 aliphatic rings. The molecule has 0 radical (unpaired) electrons. The van der Waals surface area contributed by atoms with Gasteiger partial charge in [-0.15, -0.1) is 0 Å². The van der Waals surface area contributed by atoms with Crippen molar-refractivity contribution >= 4 is 0 Å². The summed E-state index contributed by atoms with van der Waals surface area (Å²) < 4.78 is 5.12. The van der Waals surface area contributed by atoms with Crippen LogP contribution < -0.4 is 4.74 Å². The van der Waals surface area contributed by atoms with E-state index in [1.54, 1.807) is 25.7 Å². The van der Waals surface area contributed by atoms with E-state index in [4.69, 9.17) is 4.74 Å². The summed E-state index contributed by atoms with van der Waals surface area (Å²) in [5, 5.41) is 0. The quantitative estimate of drug-likeness (QED) is 0.720. The fraction of sp³-hybridized carbons (Fsp3) is 0.0909. The molecule has 0 atom stereocenters. The van der Waals surface area contributed by atoms with Gasteiger partial charge in [-0.1, -0.05) is 0 Å². The average Bonchev–Trinajstić information content (AvgIpc) is 2.30. The first-order valence-electron chi connectivity index (χ1n) is 4.30. The molecule has 3 nitrogen and oxygen atoms in total. The molecule has 2 aromatic heterocycles. The van der Waals surface area contributed by atoms with Gasteiger partial charge < -0.3 is 4.74 Å². The standard InChI is InChI=1S/C11H10N2O/c1-14-10-4-7-13-11(8-10)9-2-5-12-6-3-9/h2-8H,1H3. The average molecular weight is 186 g/mol. The van der Waals surface area contributed by atoms with E-state index in [0.717, 1.165) is 17.0 Å². The van der Waals surface area contributed by atoms with Gasteiger partial charge in [0.25, 0.3) is 0 Å². The van der Waals surface area contributed by atoms with Crippen molar-refractivity contribution in [2.45, 2.75) is 0 Å². The topological polar surface area (TPSA) is 35.0 Å². The van der Waals surface area contributed by atoms with Crippen LogP contribution in [0.25, 0.3) is 11.3 Å². The van der Waals surface area contributed by atoms with Gasteiger partial charge in [-0.25, -0.2) is 0 Å². The Hall–Kier alpha value is -1.90. The molecular weight excluding hydrogens is 176 g/mol. The van der Waals surface area contributed by atoms with Crippen molar-refractivity contribution in [3.63, 3.8) is 0 Å². The summed E-state index contributed by atoms with van der Waals surface area (Å²) in [6.45, 7) is 0. The Morgan fingerprint density at radius 3 is 2.57 bits per heavy atom. The molecule has 0 unspecified atom stereocenters. The molecule has 0 fully saturated rings. The largest absolute Gasteiger partial charge is 0.497 e. The SMILES string of the molecule is COc1ccnc(-c2ccncc2)c1. The summed E-state index contributed by atoms with van der Waals surface area (Å²) in [6, 6.07) is 7.56. The molecule has 2 heterocycles. The molecule has 14 heavy (non-hydrogen) atoms. The van der Waals surface area contributed by atoms with E-state index in [9.17, 15) is 0 Å². The number of hydrogen-bond acceptors (Lipinski definition) is 3. The van der Waals surface area contributed by atoms with Crippen molar-refractivity contribution in [3.8, 4) is 17.0 Å². The molecule has 2 aromatic rings. The van der Waals surface area contributed by atoms with Crippen LogP contribution >= 0.6 is 0 Å². The fourth-order valence-corrected chi connectivity index (χ4v) is 1.22. The van der Waals surface area contributed by atoms with E-state index >= 15 is 0 Å². The highest BCUT2D eigenvalue weighted by molar-refractivity contribution is 5.59. The first-order valence-corrected chi connectivity index (χ1v) is 4.30. The zero-order valence-corrected chi connectivity index (χ0v) is 7.84. The van der Waals surface area contributed by atoms with Crippen LogP contribution in [0.15, 0.2) is 42.9 Å². The van der Waals surface area contributed by atoms with Crippen molar-refractivity contribution in [2.75, 3.05) is 7.11 Å². The van der Waals surface area contributed by atoms with E-state index in [1.807, 2.05) is 24.3 Å². The van der Waals surface area contributed by atoms with Crippen molar-refractivity contribution < 1.29 is 4.74 Å². The predicted molar refractivity (Wildman–Crippen MR) is 54.0 cm³/mol. The number of aromatic nitrogens is 2. The maximum atomic E-state index is 5.12. The third-order valence-electron chi connectivity index (χ3n) is 1.94. The summed E-state index contributed by atoms with van der Waals surface area (Å²) in [4.78, 5) is 8.20. The second-order valence-electron chi connectivity index (χ2n) is 2.82. The maximum absolute atomic E-state index is 5.12. The number of pyridine rings is 2. The predicted octanol–water partition coefficient (Wildman–Crippen LogP) is 2.15. The van der Waals surface area contributed by atoms with Gasteiger partial charge in [0.05, 0.1) is 12.8 Å². The summed E-state index contributed by atoms with van der Waals surface area (Å²) >= 11 is 0. The summed E-state index contributed by atoms with van der Waals surface area (Å²) in [6.07, 6.45) is 5.22. The molecule has 0 saturated carbocycles. The Kier molecular flexibility index (Phi) is 2.40. The van der Waals surface area contributed by atoms with Gasteiger partial charge in [-0.2, -0.15) is 0 Å². The molecule has 0 spiro atoms. The first kappa shape index (κ1) is 8.69. The van der Waals surface area contributed by atoms with Gasteiger partial charge in [0.1, 0.15) is 5.75 Å². The zero-order chi connectivity index (χ0) is 9.80. The minimum atomic E-state index is 0.812. The third-order valence-corrected chi connectivity index (χ3v) is 1.94. The highest BCUT2D eigenvalue weighted by atomic mass is 16.5. The molecule has 3 heteroatoms. The smallest absolute Gasteiger partial charge is 0.122 e. The molecule has 2 rings (SSSR count). The van der Waals surface area contributed by atoms with Crippen LogP contribution in [0.4, 0.5) is 0 Å². The minimum absolute atomic E-state index is 0.812. The lowest BCUT2D eigenvalue weighted by Crippen LogP contribution is -1.86. The lowest BCUT2D eigenvalue weighted by molar-refractivity contribution is 0.414. The Morgan fingerprint density at radius 1 is 1.07 bits per heavy atom. The molecular formula is C11H10N2O. The van der Waals surface area contributed by atoms with Crippen molar-refractivity contribution in [3.05, 3.63) is 42.9 Å². The van der Waals surface area contributed by atoms with E-state index in [2.05, 4.69) is 9.97 Å². The van der Waals surface area contributed by atoms with E-state index in [1.165, 1.54) is 0 Å². The number of methoxy groups -OCH3 is 1. The molecule has 0 bridgehead atoms. The fourth-order valence-electron chi connectivity index (χ4n) is 1.22. The second kappa shape index (κ2) is 3.87. The Morgan fingerprint density at radius 2 is 1.86 bits per heavy atom. The Bertz CT molecular complexity index is 415. The Balaban J connectivity index is 2.42. The van der Waals surface area contributed by atoms with Gasteiger partial charge in [0.15, 0.2) is 0 Å². The maximum Gasteiger partial charge on any atom is 0.122 e. The van der Waals surface area contributed by atoms with E-state index in [-0.39, 0.29) is 0 Å². The first-order chi connectivity index (χ1) is 6.90. The molecule has 0 saturated heterocycles. The van der Waals surface area contributed by atoms with Crippen molar-refractivity contribution in [1.29, 1.82) is 0 Å². The van der Waals surface area contributed by atoms with Crippen LogP contribution in [-0.2, 0) is 0 Å². The van der Waals surface area contributed by atoms with Gasteiger partial charge in [-0.05, 0) is 18.2 Å². The third kappa shape index (κ3) is 1.71. The monoisotopic (exact) mass is 186 g/mol. The van der Waals surface area contributed by atoms with Gasteiger partial charge in [0, 0.05) is 30.2 Å². The van der Waals surface area contributed by atoms with Crippen LogP contribution in [0.3, 0.4) is 0 Å². The summed E-state index contributed by atoms with van der Waals surface area (Å²) in [7, 11) is 1.64. The molecule has 0 amide bonds. The summed E-state index contributed by atoms with van der Waals surface area (Å²) in [5.74, 6) is 0.812. The summed E-state index contributed by atoms with van der Waals surface area (Å²) in [5.41, 5.74) is 1.94. The molecule has 70 valence electrons. The van der Waals surface area contributed by atoms with Crippen LogP contribution in [0, 0.1) is 0 Å². The van der Waals surface area contributed by atoms with Crippen molar-refractivity contribution in [1.82, 2.24) is 9.97 Å². The van der Waals surface area contributed by atoms with Gasteiger partial charge in [0.2, 0.25) is 0 Å². The molecule has 0 aromatic carbocycles. The lowest BCUT2D eigenvalue weighted by Gasteiger charge is -2.02. The van der Waals surface area contributed by atoms with Crippen LogP contribution in [0.2, 0.25) is 0 Å². The highest BCUT2D eigenvalue weighted by Crippen LogP contribution is 2.19. The van der Waals surface area contributed by atoms with Gasteiger partial charge >= 0.3 is 0 Å². The second-order valence-corrected chi connectivity index (χ2v) is 2.82. The van der Waals surface area contributed by atoms with E-state index in [0.29, 0.717) is 0 Å². The minimum Gasteiger partial charge on any atom is -0.497 e. The van der Waals surface area contributed by atoms with Crippen LogP contribution in [-0.4, -0.2) is 17.1 Å². The molecule has 0 aliphatic heterocycles. The van der Waals surface area contributed by atoms with E-state index < -0.39 is 0 Å². The lowest BCUT2D eigenvalue weighted by atomic mass is 10.2. The molecule has 0 N–H and O–H groups in total. The van der Waals surface area contributed by atoms with Crippen molar-refractivity contribution in [2.24, 2.45) is 0 Å². The van der Waals surface area contributed by atoms with Crippen LogP contribution in [0.5, 0.6) is 5.75 Å². The van der Waals surface area contributed by atoms with Crippen LogP contribution in [0.1, 0.15) is 0 Å². The zero-order valence-electron chi connectivity index (χ0n) is 7.84. The highest BCUT2D eigenvalue weighted by Gasteiger charge is 1.99. The number of hydrogen-bond donors (Lipinski definition) is 0.